The number of nitrogens with zero attached hydrogens (tertiary/aromatic N) is 3. The first kappa shape index (κ1) is 21.7. The number of aromatic nitrogens is 3. The molecule has 1 heterocycles. The van der Waals surface area contributed by atoms with E-state index in [0.717, 1.165) is 11.1 Å². The number of phenols is 1. The largest absolute Gasteiger partial charge is 0.507 e. The molecule has 0 fully saturated rings. The maximum Gasteiger partial charge on any atom is 0.167 e. The van der Waals surface area contributed by atoms with Crippen LogP contribution >= 0.6 is 0 Å². The number of benzene rings is 3. The monoisotopic (exact) mass is 437 g/mol. The standard InChI is InChI=1S/C29H15N3O2/c1-2-3-4-5-6-13-20-34-24-18-19-25(26(33)21-24)29-31-27(22-14-9-7-10-15-22)30-28(32-29)23-16-11-8-12-17-23/h1,7-12,14-19,21,33H. The summed E-state index contributed by atoms with van der Waals surface area (Å²) in [6.07, 6.45) is 7.43. The number of rotatable bonds is 4. The Hall–Kier alpha value is -5.49. The van der Waals surface area contributed by atoms with Gasteiger partial charge >= 0.3 is 0 Å². The van der Waals surface area contributed by atoms with Crippen LogP contribution in [-0.2, 0) is 0 Å². The zero-order valence-corrected chi connectivity index (χ0v) is 17.8. The molecule has 5 heteroatoms. The maximum absolute atomic E-state index is 10.7. The van der Waals surface area contributed by atoms with Crippen LogP contribution in [0.4, 0.5) is 0 Å². The lowest BCUT2D eigenvalue weighted by Crippen LogP contribution is -2.00. The fourth-order valence-electron chi connectivity index (χ4n) is 2.93. The minimum atomic E-state index is -0.0607. The first-order valence-corrected chi connectivity index (χ1v) is 10.1. The molecule has 158 valence electrons. The molecule has 0 saturated carbocycles. The van der Waals surface area contributed by atoms with Crippen LogP contribution in [0.15, 0.2) is 78.9 Å². The highest BCUT2D eigenvalue weighted by molar-refractivity contribution is 5.70. The van der Waals surface area contributed by atoms with Crippen LogP contribution in [0.5, 0.6) is 11.5 Å². The van der Waals surface area contributed by atoms with E-state index in [1.807, 2.05) is 60.7 Å². The Balaban J connectivity index is 1.69. The van der Waals surface area contributed by atoms with Crippen molar-refractivity contribution >= 4 is 0 Å². The van der Waals surface area contributed by atoms with E-state index < -0.39 is 0 Å². The summed E-state index contributed by atoms with van der Waals surface area (Å²) in [5.41, 5.74) is 2.11. The molecule has 0 aliphatic rings. The van der Waals surface area contributed by atoms with Gasteiger partial charge in [0.1, 0.15) is 17.6 Å². The molecule has 3 aromatic carbocycles. The van der Waals surface area contributed by atoms with Crippen molar-refractivity contribution in [2.24, 2.45) is 0 Å². The molecular formula is C29H15N3O2. The molecule has 0 aliphatic heterocycles. The Morgan fingerprint density at radius 3 is 1.79 bits per heavy atom. The van der Waals surface area contributed by atoms with Gasteiger partial charge in [0.25, 0.3) is 0 Å². The van der Waals surface area contributed by atoms with E-state index >= 15 is 0 Å². The smallest absolute Gasteiger partial charge is 0.167 e. The highest BCUT2D eigenvalue weighted by Gasteiger charge is 2.15. The lowest BCUT2D eigenvalue weighted by atomic mass is 10.1. The van der Waals surface area contributed by atoms with Crippen LogP contribution < -0.4 is 4.74 Å². The summed E-state index contributed by atoms with van der Waals surface area (Å²) in [5.74, 6) is 16.0. The quantitative estimate of drug-likeness (QED) is 0.474. The van der Waals surface area contributed by atoms with Gasteiger partial charge in [-0.2, -0.15) is 0 Å². The third kappa shape index (κ3) is 5.40. The minimum absolute atomic E-state index is 0.0607. The van der Waals surface area contributed by atoms with Crippen molar-refractivity contribution in [2.75, 3.05) is 0 Å². The average molecular weight is 437 g/mol. The SMILES string of the molecule is C#CC#CC#CC#COc1ccc(-c2nc(-c3ccccc3)nc(-c3ccccc3)n2)c(O)c1. The van der Waals surface area contributed by atoms with E-state index in [2.05, 4.69) is 56.6 Å². The van der Waals surface area contributed by atoms with Gasteiger partial charge in [-0.05, 0) is 29.9 Å². The minimum Gasteiger partial charge on any atom is -0.507 e. The Kier molecular flexibility index (Phi) is 6.84. The van der Waals surface area contributed by atoms with Gasteiger partial charge in [-0.1, -0.05) is 60.7 Å². The van der Waals surface area contributed by atoms with Gasteiger partial charge in [0.2, 0.25) is 0 Å². The average Bonchev–Trinajstić information content (AvgIpc) is 2.89. The van der Waals surface area contributed by atoms with Gasteiger partial charge in [0.05, 0.1) is 5.56 Å². The lowest BCUT2D eigenvalue weighted by Gasteiger charge is -2.09. The molecular weight excluding hydrogens is 422 g/mol. The van der Waals surface area contributed by atoms with Gasteiger partial charge in [-0.3, -0.25) is 0 Å². The third-order valence-electron chi connectivity index (χ3n) is 4.45. The maximum atomic E-state index is 10.7. The highest BCUT2D eigenvalue weighted by Crippen LogP contribution is 2.32. The van der Waals surface area contributed by atoms with Crippen molar-refractivity contribution in [3.05, 3.63) is 78.9 Å². The second-order valence-corrected chi connectivity index (χ2v) is 6.69. The first-order valence-electron chi connectivity index (χ1n) is 10.1. The molecule has 0 spiro atoms. The zero-order chi connectivity index (χ0) is 23.6. The lowest BCUT2D eigenvalue weighted by molar-refractivity contribution is 0.466. The predicted octanol–water partition coefficient (Wildman–Crippen LogP) is 4.56. The molecule has 1 N–H and O–H groups in total. The van der Waals surface area contributed by atoms with E-state index in [0.29, 0.717) is 28.8 Å². The normalized spacial score (nSPS) is 9.15. The summed E-state index contributed by atoms with van der Waals surface area (Å²) < 4.78 is 5.31. The van der Waals surface area contributed by atoms with Crippen molar-refractivity contribution in [1.29, 1.82) is 0 Å². The van der Waals surface area contributed by atoms with Crippen LogP contribution in [0, 0.1) is 48.1 Å². The zero-order valence-electron chi connectivity index (χ0n) is 17.8. The molecule has 0 bridgehead atoms. The summed E-state index contributed by atoms with van der Waals surface area (Å²) >= 11 is 0. The Labute approximate surface area is 197 Å². The molecule has 0 aliphatic carbocycles. The van der Waals surface area contributed by atoms with E-state index in [9.17, 15) is 5.11 Å². The fourth-order valence-corrected chi connectivity index (χ4v) is 2.93. The molecule has 0 radical (unpaired) electrons. The van der Waals surface area contributed by atoms with Gasteiger partial charge in [0, 0.05) is 35.0 Å². The van der Waals surface area contributed by atoms with Crippen LogP contribution in [0.3, 0.4) is 0 Å². The van der Waals surface area contributed by atoms with Crippen molar-refractivity contribution < 1.29 is 9.84 Å². The number of hydrogen-bond acceptors (Lipinski definition) is 5. The van der Waals surface area contributed by atoms with Gasteiger partial charge < -0.3 is 9.84 Å². The molecule has 4 aromatic rings. The third-order valence-corrected chi connectivity index (χ3v) is 4.45. The molecule has 5 nitrogen and oxygen atoms in total. The summed E-state index contributed by atoms with van der Waals surface area (Å²) in [6.45, 7) is 0. The number of terminal acetylenes is 1. The van der Waals surface area contributed by atoms with Crippen molar-refractivity contribution in [2.45, 2.75) is 0 Å². The predicted molar refractivity (Wildman–Crippen MR) is 131 cm³/mol. The topological polar surface area (TPSA) is 68.1 Å². The van der Waals surface area contributed by atoms with Crippen molar-refractivity contribution in [1.82, 2.24) is 15.0 Å². The van der Waals surface area contributed by atoms with E-state index in [-0.39, 0.29) is 5.75 Å². The molecule has 0 atom stereocenters. The summed E-state index contributed by atoms with van der Waals surface area (Å²) in [6, 6.07) is 23.9. The molecule has 1 aromatic heterocycles. The molecule has 34 heavy (non-hydrogen) atoms. The van der Waals surface area contributed by atoms with E-state index in [1.165, 1.54) is 6.07 Å². The number of hydrogen-bond donors (Lipinski definition) is 1. The molecule has 4 rings (SSSR count). The van der Waals surface area contributed by atoms with Gasteiger partial charge in [-0.25, -0.2) is 15.0 Å². The number of phenolic OH excluding ortho intramolecular Hbond substituents is 1. The van der Waals surface area contributed by atoms with Gasteiger partial charge in [0.15, 0.2) is 17.5 Å². The Morgan fingerprint density at radius 2 is 1.21 bits per heavy atom. The van der Waals surface area contributed by atoms with Crippen LogP contribution in [0.25, 0.3) is 34.2 Å². The summed E-state index contributed by atoms with van der Waals surface area (Å²) in [5, 5.41) is 10.7. The molecule has 0 unspecified atom stereocenters. The fraction of sp³-hybridized carbons (Fsp3) is 0. The second-order valence-electron chi connectivity index (χ2n) is 6.69. The van der Waals surface area contributed by atoms with Crippen molar-refractivity contribution in [3.8, 4) is 93.7 Å². The molecule has 0 amide bonds. The van der Waals surface area contributed by atoms with Crippen molar-refractivity contribution in [3.63, 3.8) is 0 Å². The first-order chi connectivity index (χ1) is 16.7. The number of aromatic hydroxyl groups is 1. The Bertz CT molecular complexity index is 1500. The highest BCUT2D eigenvalue weighted by atomic mass is 16.5. The van der Waals surface area contributed by atoms with Crippen LogP contribution in [0.2, 0.25) is 0 Å². The second kappa shape index (κ2) is 10.7. The Morgan fingerprint density at radius 1 is 0.647 bits per heavy atom. The van der Waals surface area contributed by atoms with Crippen LogP contribution in [-0.4, -0.2) is 20.1 Å². The summed E-state index contributed by atoms with van der Waals surface area (Å²) in [7, 11) is 0. The van der Waals surface area contributed by atoms with Gasteiger partial charge in [-0.15, -0.1) is 6.42 Å². The molecule has 0 saturated heterocycles. The number of ether oxygens (including phenoxy) is 1. The summed E-state index contributed by atoms with van der Waals surface area (Å²) in [4.78, 5) is 13.9. The van der Waals surface area contributed by atoms with E-state index in [4.69, 9.17) is 11.2 Å². The van der Waals surface area contributed by atoms with E-state index in [1.54, 1.807) is 12.1 Å². The van der Waals surface area contributed by atoms with Crippen LogP contribution in [0.1, 0.15) is 0 Å².